The van der Waals surface area contributed by atoms with Crippen LogP contribution in [0.5, 0.6) is 5.75 Å². The molecule has 9 heteroatoms. The van der Waals surface area contributed by atoms with Crippen LogP contribution in [0.15, 0.2) is 33.9 Å². The van der Waals surface area contributed by atoms with E-state index in [0.29, 0.717) is 4.47 Å². The lowest BCUT2D eigenvalue weighted by Crippen LogP contribution is -2.45. The Morgan fingerprint density at radius 3 is 2.70 bits per heavy atom. The van der Waals surface area contributed by atoms with Crippen LogP contribution in [0.3, 0.4) is 0 Å². The number of carbonyl (C=O) groups is 2. The molecule has 2 N–H and O–H groups in total. The Labute approximate surface area is 139 Å². The highest BCUT2D eigenvalue weighted by Gasteiger charge is 2.34. The molecule has 0 fully saturated rings. The van der Waals surface area contributed by atoms with E-state index in [1.54, 1.807) is 0 Å². The van der Waals surface area contributed by atoms with Crippen LogP contribution in [0.1, 0.15) is 18.5 Å². The van der Waals surface area contributed by atoms with Gasteiger partial charge in [0.1, 0.15) is 5.75 Å². The van der Waals surface area contributed by atoms with Crippen molar-refractivity contribution >= 4 is 27.9 Å². The molecule has 1 atom stereocenters. The lowest BCUT2D eigenvalue weighted by atomic mass is 9.95. The van der Waals surface area contributed by atoms with Crippen molar-refractivity contribution in [2.45, 2.75) is 19.6 Å². The van der Waals surface area contributed by atoms with E-state index in [1.165, 1.54) is 32.2 Å². The second kappa shape index (κ2) is 6.95. The van der Waals surface area contributed by atoms with E-state index in [4.69, 9.17) is 4.74 Å². The van der Waals surface area contributed by atoms with Gasteiger partial charge >= 0.3 is 18.6 Å². The van der Waals surface area contributed by atoms with E-state index >= 15 is 0 Å². The number of hydrogen-bond acceptors (Lipinski definition) is 4. The van der Waals surface area contributed by atoms with Gasteiger partial charge in [0.05, 0.1) is 18.7 Å². The van der Waals surface area contributed by atoms with Gasteiger partial charge in [-0.2, -0.15) is 8.78 Å². The summed E-state index contributed by atoms with van der Waals surface area (Å²) in [5.41, 5.74) is 0.576. The van der Waals surface area contributed by atoms with Crippen molar-refractivity contribution < 1.29 is 27.8 Å². The van der Waals surface area contributed by atoms with Gasteiger partial charge in [-0.15, -0.1) is 0 Å². The van der Waals surface area contributed by atoms with E-state index in [1.807, 2.05) is 0 Å². The molecular formula is C14H13BrF2N2O4. The first kappa shape index (κ1) is 17.2. The lowest BCUT2D eigenvalue weighted by Gasteiger charge is -2.29. The largest absolute Gasteiger partial charge is 0.466 e. The zero-order chi connectivity index (χ0) is 17.1. The number of carbonyl (C=O) groups excluding carboxylic acids is 2. The minimum absolute atomic E-state index is 0.101. The molecule has 124 valence electrons. The molecule has 0 aromatic heterocycles. The minimum atomic E-state index is -3.04. The number of esters is 1. The molecule has 6 nitrogen and oxygen atoms in total. The highest BCUT2D eigenvalue weighted by atomic mass is 79.9. The quantitative estimate of drug-likeness (QED) is 0.775. The molecule has 0 unspecified atom stereocenters. The third-order valence-electron chi connectivity index (χ3n) is 3.17. The highest BCUT2D eigenvalue weighted by Crippen LogP contribution is 2.36. The Morgan fingerprint density at radius 2 is 2.09 bits per heavy atom. The van der Waals surface area contributed by atoms with Crippen LogP contribution < -0.4 is 15.4 Å². The Morgan fingerprint density at radius 1 is 1.39 bits per heavy atom. The zero-order valence-corrected chi connectivity index (χ0v) is 13.7. The average Bonchev–Trinajstić information content (AvgIpc) is 2.47. The summed E-state index contributed by atoms with van der Waals surface area (Å²) < 4.78 is 35.0. The van der Waals surface area contributed by atoms with Crippen molar-refractivity contribution in [3.63, 3.8) is 0 Å². The van der Waals surface area contributed by atoms with Crippen molar-refractivity contribution in [1.82, 2.24) is 10.6 Å². The first-order valence-electron chi connectivity index (χ1n) is 6.44. The molecule has 0 saturated heterocycles. The molecule has 0 bridgehead atoms. The van der Waals surface area contributed by atoms with Crippen molar-refractivity contribution in [3.8, 4) is 5.75 Å². The fraction of sp³-hybridized carbons (Fsp3) is 0.286. The number of amides is 2. The summed E-state index contributed by atoms with van der Waals surface area (Å²) in [5, 5.41) is 4.96. The molecule has 1 aromatic carbocycles. The predicted molar refractivity (Wildman–Crippen MR) is 79.9 cm³/mol. The number of benzene rings is 1. The first-order chi connectivity index (χ1) is 10.8. The molecule has 1 heterocycles. The summed E-state index contributed by atoms with van der Waals surface area (Å²) in [7, 11) is 1.19. The van der Waals surface area contributed by atoms with Crippen molar-refractivity contribution in [2.24, 2.45) is 0 Å². The Kier molecular flexibility index (Phi) is 5.19. The summed E-state index contributed by atoms with van der Waals surface area (Å²) in [5.74, 6) is -0.840. The van der Waals surface area contributed by atoms with E-state index in [-0.39, 0.29) is 22.6 Å². The molecular weight excluding hydrogens is 378 g/mol. The molecule has 2 rings (SSSR count). The minimum Gasteiger partial charge on any atom is -0.466 e. The number of ether oxygens (including phenoxy) is 2. The van der Waals surface area contributed by atoms with E-state index in [9.17, 15) is 18.4 Å². The van der Waals surface area contributed by atoms with Gasteiger partial charge in [-0.25, -0.2) is 9.59 Å². The number of urea groups is 1. The topological polar surface area (TPSA) is 76.7 Å². The summed E-state index contributed by atoms with van der Waals surface area (Å²) in [4.78, 5) is 23.7. The van der Waals surface area contributed by atoms with Crippen LogP contribution >= 0.6 is 15.9 Å². The molecule has 0 radical (unpaired) electrons. The van der Waals surface area contributed by atoms with E-state index < -0.39 is 24.7 Å². The SMILES string of the molecule is COC(=O)C1=C(C)NC(=O)N[C@@H]1c1cc(Br)ccc1OC(F)F. The van der Waals surface area contributed by atoms with Crippen molar-refractivity contribution in [3.05, 3.63) is 39.5 Å². The van der Waals surface area contributed by atoms with Crippen LogP contribution in [0.4, 0.5) is 13.6 Å². The summed E-state index contributed by atoms with van der Waals surface area (Å²) >= 11 is 3.23. The number of methoxy groups -OCH3 is 1. The van der Waals surface area contributed by atoms with Crippen LogP contribution in [0, 0.1) is 0 Å². The maximum absolute atomic E-state index is 12.6. The third kappa shape index (κ3) is 3.79. The number of nitrogens with one attached hydrogen (secondary N) is 2. The molecule has 0 saturated carbocycles. The first-order valence-corrected chi connectivity index (χ1v) is 7.23. The normalized spacial score (nSPS) is 17.7. The fourth-order valence-corrected chi connectivity index (χ4v) is 2.63. The van der Waals surface area contributed by atoms with Gasteiger partial charge in [0.15, 0.2) is 0 Å². The van der Waals surface area contributed by atoms with Gasteiger partial charge in [0.25, 0.3) is 0 Å². The predicted octanol–water partition coefficient (Wildman–Crippen LogP) is 2.85. The van der Waals surface area contributed by atoms with Gasteiger partial charge in [0, 0.05) is 15.7 Å². The van der Waals surface area contributed by atoms with Crippen molar-refractivity contribution in [2.75, 3.05) is 7.11 Å². The van der Waals surface area contributed by atoms with Gasteiger partial charge in [-0.3, -0.25) is 0 Å². The maximum atomic E-state index is 12.6. The fourth-order valence-electron chi connectivity index (χ4n) is 2.26. The summed E-state index contributed by atoms with van der Waals surface area (Å²) in [6.07, 6.45) is 0. The van der Waals surface area contributed by atoms with Gasteiger partial charge in [0.2, 0.25) is 0 Å². The molecule has 0 aliphatic carbocycles. The number of halogens is 3. The number of alkyl halides is 2. The maximum Gasteiger partial charge on any atom is 0.387 e. The van der Waals surface area contributed by atoms with Crippen molar-refractivity contribution in [1.29, 1.82) is 0 Å². The molecule has 0 spiro atoms. The second-order valence-electron chi connectivity index (χ2n) is 4.62. The number of rotatable bonds is 4. The zero-order valence-electron chi connectivity index (χ0n) is 12.2. The highest BCUT2D eigenvalue weighted by molar-refractivity contribution is 9.10. The molecule has 1 aliphatic heterocycles. The van der Waals surface area contributed by atoms with Crippen LogP contribution in [-0.4, -0.2) is 25.7 Å². The van der Waals surface area contributed by atoms with Crippen LogP contribution in [0.25, 0.3) is 0 Å². The average molecular weight is 391 g/mol. The van der Waals surface area contributed by atoms with E-state index in [2.05, 4.69) is 31.3 Å². The van der Waals surface area contributed by atoms with Gasteiger partial charge < -0.3 is 20.1 Å². The van der Waals surface area contributed by atoms with Crippen LogP contribution in [0.2, 0.25) is 0 Å². The molecule has 1 aliphatic rings. The number of hydrogen-bond donors (Lipinski definition) is 2. The second-order valence-corrected chi connectivity index (χ2v) is 5.54. The smallest absolute Gasteiger partial charge is 0.387 e. The molecule has 1 aromatic rings. The molecule has 2 amide bonds. The van der Waals surface area contributed by atoms with Crippen LogP contribution in [-0.2, 0) is 9.53 Å². The molecule has 23 heavy (non-hydrogen) atoms. The Hall–Kier alpha value is -2.16. The summed E-state index contributed by atoms with van der Waals surface area (Å²) in [6.45, 7) is -1.53. The number of allylic oxidation sites excluding steroid dienone is 1. The summed E-state index contributed by atoms with van der Waals surface area (Å²) in [6, 6.07) is 2.78. The van der Waals surface area contributed by atoms with E-state index in [0.717, 1.165) is 0 Å². The Balaban J connectivity index is 2.57. The monoisotopic (exact) mass is 390 g/mol. The standard InChI is InChI=1S/C14H13BrF2N2O4/c1-6-10(12(20)22-2)11(19-14(21)18-6)8-5-7(15)3-4-9(8)23-13(16)17/h3-5,11,13H,1-2H3,(H2,18,19,21)/t11-/m1/s1. The Bertz CT molecular complexity index is 679. The lowest BCUT2D eigenvalue weighted by molar-refractivity contribution is -0.136. The third-order valence-corrected chi connectivity index (χ3v) is 3.67. The van der Waals surface area contributed by atoms with Gasteiger partial charge in [-0.05, 0) is 25.1 Å². The van der Waals surface area contributed by atoms with Gasteiger partial charge in [-0.1, -0.05) is 15.9 Å².